The third kappa shape index (κ3) is 6.02. The van der Waals surface area contributed by atoms with Gasteiger partial charge in [-0.1, -0.05) is 0 Å². The number of Topliss-reactive ketones (excluding diaryl/α,β-unsaturated/α-hetero) is 1. The fourth-order valence-corrected chi connectivity index (χ4v) is 1.16. The van der Waals surface area contributed by atoms with Gasteiger partial charge in [0.1, 0.15) is 0 Å². The van der Waals surface area contributed by atoms with Crippen molar-refractivity contribution in [3.63, 3.8) is 0 Å². The Morgan fingerprint density at radius 2 is 1.40 bits per heavy atom. The quantitative estimate of drug-likeness (QED) is 0.486. The summed E-state index contributed by atoms with van der Waals surface area (Å²) in [6.45, 7) is 0. The molecule has 2 unspecified atom stereocenters. The Hall–Kier alpha value is -0.110. The van der Waals surface area contributed by atoms with Crippen LogP contribution < -0.4 is 0 Å². The van der Waals surface area contributed by atoms with Crippen molar-refractivity contribution in [3.8, 4) is 0 Å². The Kier molecular flexibility index (Phi) is 4.62. The molecule has 0 N–H and O–H groups in total. The first kappa shape index (κ1) is 9.89. The first-order valence-corrected chi connectivity index (χ1v) is 4.64. The molecule has 10 heavy (non-hydrogen) atoms. The van der Waals surface area contributed by atoms with Crippen LogP contribution in [0.5, 0.6) is 0 Å². The van der Waals surface area contributed by atoms with Crippen molar-refractivity contribution in [2.75, 3.05) is 11.5 Å². The average Bonchev–Trinajstić information content (AvgIpc) is 1.58. The Morgan fingerprint density at radius 3 is 1.60 bits per heavy atom. The third-order valence-corrected chi connectivity index (χ3v) is 1.67. The normalized spacial score (nSPS) is 16.2. The number of rotatable bonds is 4. The molecule has 0 spiro atoms. The highest BCUT2D eigenvalue weighted by Gasteiger charge is 2.00. The summed E-state index contributed by atoms with van der Waals surface area (Å²) in [5, 5.41) is 0. The van der Waals surface area contributed by atoms with Crippen LogP contribution in [0.2, 0.25) is 0 Å². The maximum atomic E-state index is 10.3. The van der Waals surface area contributed by atoms with Gasteiger partial charge < -0.3 is 9.11 Å². The van der Waals surface area contributed by atoms with E-state index in [9.17, 15) is 22.3 Å². The summed E-state index contributed by atoms with van der Waals surface area (Å²) >= 11 is -4.97. The van der Waals surface area contributed by atoms with Crippen molar-refractivity contribution < 1.29 is 22.3 Å². The smallest absolute Gasteiger partial charge is 0.155 e. The summed E-state index contributed by atoms with van der Waals surface area (Å²) < 4.78 is 39.1. The van der Waals surface area contributed by atoms with Crippen LogP contribution in [0.4, 0.5) is 0 Å². The van der Waals surface area contributed by atoms with Crippen LogP contribution in [-0.2, 0) is 27.0 Å². The van der Waals surface area contributed by atoms with Gasteiger partial charge in [-0.3, -0.25) is 13.2 Å². The highest BCUT2D eigenvalue weighted by Crippen LogP contribution is 1.81. The highest BCUT2D eigenvalue weighted by atomic mass is 32.2. The molecule has 0 heterocycles. The Balaban J connectivity index is 3.65. The lowest BCUT2D eigenvalue weighted by atomic mass is 10.5. The lowest BCUT2D eigenvalue weighted by Gasteiger charge is -2.05. The van der Waals surface area contributed by atoms with Gasteiger partial charge in [-0.2, -0.15) is 0 Å². The first-order valence-electron chi connectivity index (χ1n) is 2.16. The maximum absolute atomic E-state index is 10.3. The zero-order chi connectivity index (χ0) is 8.15. The fraction of sp³-hybridized carbons (Fsp3) is 0.667. The van der Waals surface area contributed by atoms with Gasteiger partial charge in [0.05, 0.1) is 11.5 Å². The summed E-state index contributed by atoms with van der Waals surface area (Å²) in [4.78, 5) is 10.3. The van der Waals surface area contributed by atoms with E-state index < -0.39 is 39.4 Å². The number of hydrogen-bond donors (Lipinski definition) is 0. The van der Waals surface area contributed by atoms with Crippen LogP contribution in [0.1, 0.15) is 0 Å². The topological polar surface area (TPSA) is 97.3 Å². The van der Waals surface area contributed by atoms with E-state index in [2.05, 4.69) is 0 Å². The van der Waals surface area contributed by atoms with Crippen LogP contribution in [0.25, 0.3) is 0 Å². The molecule has 5 nitrogen and oxygen atoms in total. The second kappa shape index (κ2) is 4.67. The number of hydrogen-bond acceptors (Lipinski definition) is 5. The molecule has 0 rings (SSSR count). The van der Waals surface area contributed by atoms with E-state index in [1.807, 2.05) is 0 Å². The van der Waals surface area contributed by atoms with Crippen molar-refractivity contribution in [2.45, 2.75) is 0 Å². The zero-order valence-corrected chi connectivity index (χ0v) is 6.40. The van der Waals surface area contributed by atoms with Gasteiger partial charge in [-0.25, -0.2) is 0 Å². The summed E-state index contributed by atoms with van der Waals surface area (Å²) in [5.41, 5.74) is 0. The van der Waals surface area contributed by atoms with E-state index in [4.69, 9.17) is 0 Å². The lowest BCUT2D eigenvalue weighted by molar-refractivity contribution is -0.114. The van der Waals surface area contributed by atoms with Crippen LogP contribution >= 0.6 is 0 Å². The highest BCUT2D eigenvalue weighted by molar-refractivity contribution is 7.81. The minimum absolute atomic E-state index is 0.728. The number of carbonyl (C=O) groups excluding carboxylic acids is 1. The van der Waals surface area contributed by atoms with Crippen molar-refractivity contribution in [1.29, 1.82) is 0 Å². The third-order valence-electron chi connectivity index (χ3n) is 0.558. The minimum atomic E-state index is -2.48. The van der Waals surface area contributed by atoms with Gasteiger partial charge in [0.15, 0.2) is 5.78 Å². The second-order valence-electron chi connectivity index (χ2n) is 1.43. The average molecular weight is 184 g/mol. The Morgan fingerprint density at radius 1 is 1.10 bits per heavy atom. The molecule has 0 saturated carbocycles. The van der Waals surface area contributed by atoms with Crippen molar-refractivity contribution in [3.05, 3.63) is 0 Å². The standard InChI is InChI=1S/C3H6O5S2/c4-3(1-9(5)6)2-10(7)8/h1-2H2,(H,5,6)(H,7,8)/p-2. The van der Waals surface area contributed by atoms with E-state index in [0.29, 0.717) is 0 Å². The molecule has 60 valence electrons. The zero-order valence-electron chi connectivity index (χ0n) is 4.77. The molecule has 0 aliphatic rings. The predicted octanol–water partition coefficient (Wildman–Crippen LogP) is -1.69. The Labute approximate surface area is 62.4 Å². The largest absolute Gasteiger partial charge is 0.772 e. The molecule has 7 heteroatoms. The molecule has 0 aromatic carbocycles. The monoisotopic (exact) mass is 184 g/mol. The number of carbonyl (C=O) groups is 1. The first-order chi connectivity index (χ1) is 4.52. The molecular formula is C3H4O5S2-2. The summed E-state index contributed by atoms with van der Waals surface area (Å²) in [6, 6.07) is 0. The predicted molar refractivity (Wildman–Crippen MR) is 32.6 cm³/mol. The van der Waals surface area contributed by atoms with Gasteiger partial charge in [-0.05, 0) is 22.2 Å². The molecule has 0 bridgehead atoms. The molecule has 0 aliphatic carbocycles. The van der Waals surface area contributed by atoms with Crippen LogP contribution in [-0.4, -0.2) is 34.8 Å². The van der Waals surface area contributed by atoms with Crippen molar-refractivity contribution in [2.24, 2.45) is 0 Å². The van der Waals surface area contributed by atoms with E-state index in [1.54, 1.807) is 0 Å². The number of ketones is 1. The van der Waals surface area contributed by atoms with Gasteiger partial charge in [0, 0.05) is 0 Å². The van der Waals surface area contributed by atoms with E-state index >= 15 is 0 Å². The summed E-state index contributed by atoms with van der Waals surface area (Å²) in [6.07, 6.45) is 0. The van der Waals surface area contributed by atoms with E-state index in [-0.39, 0.29) is 0 Å². The summed E-state index contributed by atoms with van der Waals surface area (Å²) in [7, 11) is 0. The van der Waals surface area contributed by atoms with Gasteiger partial charge in [-0.15, -0.1) is 0 Å². The van der Waals surface area contributed by atoms with Crippen molar-refractivity contribution in [1.82, 2.24) is 0 Å². The van der Waals surface area contributed by atoms with Gasteiger partial charge in [0.25, 0.3) is 0 Å². The van der Waals surface area contributed by atoms with Crippen LogP contribution in [0, 0.1) is 0 Å². The van der Waals surface area contributed by atoms with Crippen LogP contribution in [0.15, 0.2) is 0 Å². The molecular weight excluding hydrogens is 180 g/mol. The van der Waals surface area contributed by atoms with Crippen LogP contribution in [0.3, 0.4) is 0 Å². The molecule has 2 atom stereocenters. The van der Waals surface area contributed by atoms with Gasteiger partial charge >= 0.3 is 0 Å². The van der Waals surface area contributed by atoms with Gasteiger partial charge in [0.2, 0.25) is 0 Å². The maximum Gasteiger partial charge on any atom is 0.155 e. The molecule has 0 aromatic heterocycles. The molecule has 0 fully saturated rings. The Bertz CT molecular complexity index is 158. The fourth-order valence-electron chi connectivity index (χ4n) is 0.305. The van der Waals surface area contributed by atoms with Crippen molar-refractivity contribution >= 4 is 27.9 Å². The SMILES string of the molecule is O=C(CS(=O)[O-])CS(=O)[O-]. The van der Waals surface area contributed by atoms with E-state index in [1.165, 1.54) is 0 Å². The second-order valence-corrected chi connectivity index (χ2v) is 3.23. The van der Waals surface area contributed by atoms with E-state index in [0.717, 1.165) is 0 Å². The molecule has 0 saturated heterocycles. The molecule has 0 aliphatic heterocycles. The lowest BCUT2D eigenvalue weighted by Crippen LogP contribution is -2.17. The summed E-state index contributed by atoms with van der Waals surface area (Å²) in [5.74, 6) is -2.27. The molecule has 0 aromatic rings. The molecule has 0 radical (unpaired) electrons. The minimum Gasteiger partial charge on any atom is -0.772 e. The molecule has 0 amide bonds.